The van der Waals surface area contributed by atoms with Crippen molar-refractivity contribution in [3.8, 4) is 17.2 Å². The molecular weight excluding hydrogens is 410 g/mol. The maximum atomic E-state index is 12.6. The lowest BCUT2D eigenvalue weighted by Crippen LogP contribution is -2.23. The number of benzene rings is 2. The third kappa shape index (κ3) is 4.14. The summed E-state index contributed by atoms with van der Waals surface area (Å²) in [5.74, 6) is 1.21. The Morgan fingerprint density at radius 2 is 1.89 bits per heavy atom. The number of nitrogens with zero attached hydrogens (tertiary/aromatic N) is 2. The minimum Gasteiger partial charge on any atom is -0.497 e. The molecule has 0 aliphatic heterocycles. The summed E-state index contributed by atoms with van der Waals surface area (Å²) >= 11 is 3.42. The van der Waals surface area contributed by atoms with Gasteiger partial charge < -0.3 is 14.8 Å². The quantitative estimate of drug-likeness (QED) is 0.645. The van der Waals surface area contributed by atoms with Gasteiger partial charge in [0.25, 0.3) is 5.91 Å². The van der Waals surface area contributed by atoms with E-state index >= 15 is 0 Å². The van der Waals surface area contributed by atoms with E-state index in [0.29, 0.717) is 23.6 Å². The number of carbonyl (C=O) groups excluding carboxylic acids is 1. The van der Waals surface area contributed by atoms with Gasteiger partial charge in [0, 0.05) is 16.6 Å². The van der Waals surface area contributed by atoms with Gasteiger partial charge >= 0.3 is 0 Å². The van der Waals surface area contributed by atoms with Gasteiger partial charge in [0.15, 0.2) is 0 Å². The van der Waals surface area contributed by atoms with Crippen molar-refractivity contribution in [3.63, 3.8) is 0 Å². The van der Waals surface area contributed by atoms with Gasteiger partial charge in [-0.15, -0.1) is 0 Å². The fourth-order valence-electron chi connectivity index (χ4n) is 2.77. The first-order valence-electron chi connectivity index (χ1n) is 8.33. The molecule has 1 amide bonds. The van der Waals surface area contributed by atoms with Crippen LogP contribution in [-0.2, 0) is 6.54 Å². The van der Waals surface area contributed by atoms with Crippen LogP contribution in [0.5, 0.6) is 11.5 Å². The first kappa shape index (κ1) is 19.0. The Labute approximate surface area is 166 Å². The van der Waals surface area contributed by atoms with Gasteiger partial charge in [0.05, 0.1) is 37.4 Å². The van der Waals surface area contributed by atoms with E-state index in [9.17, 15) is 4.79 Å². The molecule has 0 aliphatic rings. The largest absolute Gasteiger partial charge is 0.497 e. The highest BCUT2D eigenvalue weighted by molar-refractivity contribution is 9.10. The van der Waals surface area contributed by atoms with Gasteiger partial charge in [-0.05, 0) is 49.4 Å². The minimum absolute atomic E-state index is 0.194. The number of aromatic nitrogens is 2. The van der Waals surface area contributed by atoms with Crippen molar-refractivity contribution in [3.05, 3.63) is 70.0 Å². The molecule has 0 aliphatic carbocycles. The third-order valence-corrected chi connectivity index (χ3v) is 4.78. The van der Waals surface area contributed by atoms with Crippen LogP contribution in [0.2, 0.25) is 0 Å². The van der Waals surface area contributed by atoms with Crippen LogP contribution < -0.4 is 14.8 Å². The first-order valence-corrected chi connectivity index (χ1v) is 9.12. The molecule has 2 aromatic carbocycles. The summed E-state index contributed by atoms with van der Waals surface area (Å²) in [6.45, 7) is 2.19. The van der Waals surface area contributed by atoms with E-state index < -0.39 is 0 Å². The maximum absolute atomic E-state index is 12.6. The molecule has 0 bridgehead atoms. The Morgan fingerprint density at radius 1 is 1.15 bits per heavy atom. The van der Waals surface area contributed by atoms with E-state index in [1.165, 1.54) is 0 Å². The number of hydrogen-bond acceptors (Lipinski definition) is 4. The van der Waals surface area contributed by atoms with Crippen molar-refractivity contribution >= 4 is 21.8 Å². The van der Waals surface area contributed by atoms with E-state index in [1.54, 1.807) is 25.1 Å². The van der Waals surface area contributed by atoms with Crippen molar-refractivity contribution in [2.45, 2.75) is 13.5 Å². The van der Waals surface area contributed by atoms with Crippen LogP contribution >= 0.6 is 15.9 Å². The number of nitrogens with one attached hydrogen (secondary N) is 1. The van der Waals surface area contributed by atoms with Crippen LogP contribution in [0.1, 0.15) is 21.6 Å². The molecule has 7 heteroatoms. The summed E-state index contributed by atoms with van der Waals surface area (Å²) in [7, 11) is 3.20. The molecule has 1 heterocycles. The molecule has 3 rings (SSSR count). The molecular formula is C20H20BrN3O3. The summed E-state index contributed by atoms with van der Waals surface area (Å²) in [6.07, 6.45) is 1.58. The van der Waals surface area contributed by atoms with Crippen LogP contribution in [0.3, 0.4) is 0 Å². The van der Waals surface area contributed by atoms with Gasteiger partial charge in [-0.2, -0.15) is 5.10 Å². The van der Waals surface area contributed by atoms with Crippen LogP contribution in [-0.4, -0.2) is 29.9 Å². The average molecular weight is 430 g/mol. The van der Waals surface area contributed by atoms with Crippen LogP contribution in [0, 0.1) is 6.92 Å². The Kier molecular flexibility index (Phi) is 5.81. The number of halogens is 1. The lowest BCUT2D eigenvalue weighted by atomic mass is 10.1. The topological polar surface area (TPSA) is 65.4 Å². The second kappa shape index (κ2) is 8.26. The number of carbonyl (C=O) groups is 1. The Bertz CT molecular complexity index is 952. The normalized spacial score (nSPS) is 10.5. The van der Waals surface area contributed by atoms with E-state index in [-0.39, 0.29) is 5.91 Å². The molecule has 0 saturated heterocycles. The Balaban J connectivity index is 1.77. The van der Waals surface area contributed by atoms with Crippen molar-refractivity contribution in [2.75, 3.05) is 14.2 Å². The summed E-state index contributed by atoms with van der Waals surface area (Å²) < 4.78 is 13.3. The standard InChI is InChI=1S/C20H20BrN3O3/c1-13-18(12-23-24(13)16-6-4-15(21)5-7-16)20(25)22-11-14-10-17(26-2)8-9-19(14)27-3/h4-10,12H,11H2,1-3H3,(H,22,25). The first-order chi connectivity index (χ1) is 13.0. The number of hydrogen-bond donors (Lipinski definition) is 1. The van der Waals surface area contributed by atoms with E-state index in [4.69, 9.17) is 9.47 Å². The molecule has 0 atom stereocenters. The van der Waals surface area contributed by atoms with Crippen molar-refractivity contribution in [1.29, 1.82) is 0 Å². The highest BCUT2D eigenvalue weighted by Crippen LogP contribution is 2.24. The van der Waals surface area contributed by atoms with E-state index in [1.807, 2.05) is 49.4 Å². The van der Waals surface area contributed by atoms with Gasteiger partial charge in [-0.3, -0.25) is 4.79 Å². The lowest BCUT2D eigenvalue weighted by Gasteiger charge is -2.11. The van der Waals surface area contributed by atoms with Gasteiger partial charge in [-0.25, -0.2) is 4.68 Å². The highest BCUT2D eigenvalue weighted by atomic mass is 79.9. The molecule has 0 spiro atoms. The molecule has 0 unspecified atom stereocenters. The van der Waals surface area contributed by atoms with Gasteiger partial charge in [0.2, 0.25) is 0 Å². The summed E-state index contributed by atoms with van der Waals surface area (Å²) in [5, 5.41) is 7.27. The zero-order chi connectivity index (χ0) is 19.4. The Morgan fingerprint density at radius 3 is 2.56 bits per heavy atom. The summed E-state index contributed by atoms with van der Waals surface area (Å²) in [6, 6.07) is 13.2. The number of rotatable bonds is 6. The molecule has 1 aromatic heterocycles. The van der Waals surface area contributed by atoms with E-state index in [0.717, 1.165) is 21.4 Å². The van der Waals surface area contributed by atoms with Crippen molar-refractivity contribution < 1.29 is 14.3 Å². The SMILES string of the molecule is COc1ccc(OC)c(CNC(=O)c2cnn(-c3ccc(Br)cc3)c2C)c1. The summed E-state index contributed by atoms with van der Waals surface area (Å²) in [5.41, 5.74) is 3.03. The molecule has 0 fully saturated rings. The van der Waals surface area contributed by atoms with Crippen LogP contribution in [0.15, 0.2) is 53.1 Å². The fraction of sp³-hybridized carbons (Fsp3) is 0.200. The van der Waals surface area contributed by atoms with Crippen molar-refractivity contribution in [1.82, 2.24) is 15.1 Å². The van der Waals surface area contributed by atoms with Crippen molar-refractivity contribution in [2.24, 2.45) is 0 Å². The predicted octanol–water partition coefficient (Wildman–Crippen LogP) is 3.89. The van der Waals surface area contributed by atoms with Gasteiger partial charge in [0.1, 0.15) is 11.5 Å². The second-order valence-corrected chi connectivity index (χ2v) is 6.81. The predicted molar refractivity (Wildman–Crippen MR) is 107 cm³/mol. The zero-order valence-electron chi connectivity index (χ0n) is 15.3. The van der Waals surface area contributed by atoms with E-state index in [2.05, 4.69) is 26.3 Å². The maximum Gasteiger partial charge on any atom is 0.255 e. The average Bonchev–Trinajstić information content (AvgIpc) is 3.08. The number of methoxy groups -OCH3 is 2. The molecule has 1 N–H and O–H groups in total. The minimum atomic E-state index is -0.194. The fourth-order valence-corrected chi connectivity index (χ4v) is 3.03. The molecule has 6 nitrogen and oxygen atoms in total. The molecule has 140 valence electrons. The number of ether oxygens (including phenoxy) is 2. The molecule has 0 radical (unpaired) electrons. The monoisotopic (exact) mass is 429 g/mol. The number of amides is 1. The summed E-state index contributed by atoms with van der Waals surface area (Å²) in [4.78, 5) is 12.6. The van der Waals surface area contributed by atoms with Gasteiger partial charge in [-0.1, -0.05) is 15.9 Å². The van der Waals surface area contributed by atoms with Crippen LogP contribution in [0.4, 0.5) is 0 Å². The highest BCUT2D eigenvalue weighted by Gasteiger charge is 2.16. The van der Waals surface area contributed by atoms with Crippen LogP contribution in [0.25, 0.3) is 5.69 Å². The Hall–Kier alpha value is -2.80. The zero-order valence-corrected chi connectivity index (χ0v) is 16.9. The molecule has 27 heavy (non-hydrogen) atoms. The molecule has 0 saturated carbocycles. The smallest absolute Gasteiger partial charge is 0.255 e. The second-order valence-electron chi connectivity index (χ2n) is 5.89. The third-order valence-electron chi connectivity index (χ3n) is 4.25. The molecule has 3 aromatic rings. The lowest BCUT2D eigenvalue weighted by molar-refractivity contribution is 0.0950.